The lowest BCUT2D eigenvalue weighted by molar-refractivity contribution is 0.0786. The molecule has 0 radical (unpaired) electrons. The first-order valence-electron chi connectivity index (χ1n) is 10.9. The Kier molecular flexibility index (Phi) is 6.81. The first-order chi connectivity index (χ1) is 14.9. The SMILES string of the molecule is C[C@@H]1CCCN(C2CCN(c3ncc(C(=O)N(C)Cc4ncc(F)cc4F)s3)CC2)C1. The average molecular weight is 450 g/mol. The van der Waals surface area contributed by atoms with E-state index < -0.39 is 11.6 Å². The van der Waals surface area contributed by atoms with Crippen molar-refractivity contribution in [2.75, 3.05) is 38.1 Å². The third kappa shape index (κ3) is 5.20. The molecule has 2 aromatic heterocycles. The van der Waals surface area contributed by atoms with E-state index in [1.54, 1.807) is 13.2 Å². The Morgan fingerprint density at radius 3 is 2.68 bits per heavy atom. The molecule has 0 N–H and O–H groups in total. The van der Waals surface area contributed by atoms with E-state index in [1.165, 1.54) is 42.2 Å². The van der Waals surface area contributed by atoms with Crippen molar-refractivity contribution in [3.05, 3.63) is 40.7 Å². The molecule has 1 amide bonds. The van der Waals surface area contributed by atoms with Gasteiger partial charge >= 0.3 is 0 Å². The second-order valence-corrected chi connectivity index (χ2v) is 9.72. The van der Waals surface area contributed by atoms with E-state index in [1.807, 2.05) is 0 Å². The number of rotatable bonds is 5. The number of anilines is 1. The molecule has 0 unspecified atom stereocenters. The first-order valence-corrected chi connectivity index (χ1v) is 11.7. The number of likely N-dealkylation sites (tertiary alicyclic amines) is 1. The smallest absolute Gasteiger partial charge is 0.265 e. The van der Waals surface area contributed by atoms with E-state index in [0.717, 1.165) is 49.2 Å². The summed E-state index contributed by atoms with van der Waals surface area (Å²) in [5.41, 5.74) is 0.0380. The van der Waals surface area contributed by atoms with Crippen LogP contribution in [0, 0.1) is 17.6 Å². The minimum Gasteiger partial charge on any atom is -0.348 e. The second kappa shape index (κ2) is 9.56. The normalized spacial score (nSPS) is 20.8. The van der Waals surface area contributed by atoms with Crippen LogP contribution >= 0.6 is 11.3 Å². The van der Waals surface area contributed by atoms with E-state index in [9.17, 15) is 13.6 Å². The van der Waals surface area contributed by atoms with Crippen LogP contribution in [0.15, 0.2) is 18.5 Å². The molecule has 2 saturated heterocycles. The topological polar surface area (TPSA) is 52.6 Å². The zero-order valence-corrected chi connectivity index (χ0v) is 18.9. The van der Waals surface area contributed by atoms with Crippen LogP contribution in [-0.4, -0.2) is 64.9 Å². The van der Waals surface area contributed by atoms with Crippen LogP contribution in [0.3, 0.4) is 0 Å². The summed E-state index contributed by atoms with van der Waals surface area (Å²) in [6.07, 6.45) is 7.41. The lowest BCUT2D eigenvalue weighted by Crippen LogP contribution is -2.48. The van der Waals surface area contributed by atoms with Crippen LogP contribution in [0.4, 0.5) is 13.9 Å². The molecule has 2 aromatic rings. The summed E-state index contributed by atoms with van der Waals surface area (Å²) >= 11 is 1.37. The van der Waals surface area contributed by atoms with Crippen molar-refractivity contribution in [1.29, 1.82) is 0 Å². The number of carbonyl (C=O) groups is 1. The van der Waals surface area contributed by atoms with Crippen molar-refractivity contribution in [2.45, 2.75) is 45.2 Å². The van der Waals surface area contributed by atoms with Crippen molar-refractivity contribution in [1.82, 2.24) is 19.8 Å². The van der Waals surface area contributed by atoms with Gasteiger partial charge in [0.1, 0.15) is 16.5 Å². The van der Waals surface area contributed by atoms with Gasteiger partial charge in [-0.2, -0.15) is 0 Å². The van der Waals surface area contributed by atoms with E-state index in [4.69, 9.17) is 0 Å². The highest BCUT2D eigenvalue weighted by Gasteiger charge is 2.29. The molecule has 0 aliphatic carbocycles. The van der Waals surface area contributed by atoms with E-state index in [0.29, 0.717) is 10.9 Å². The largest absolute Gasteiger partial charge is 0.348 e. The molecule has 4 heterocycles. The molecule has 4 rings (SSSR count). The molecule has 2 aliphatic heterocycles. The van der Waals surface area contributed by atoms with Gasteiger partial charge in [0.2, 0.25) is 0 Å². The van der Waals surface area contributed by atoms with Crippen LogP contribution in [0.2, 0.25) is 0 Å². The summed E-state index contributed by atoms with van der Waals surface area (Å²) in [6, 6.07) is 1.42. The van der Waals surface area contributed by atoms with Crippen molar-refractivity contribution in [3.63, 3.8) is 0 Å². The number of hydrogen-bond acceptors (Lipinski definition) is 6. The fraction of sp³-hybridized carbons (Fsp3) is 0.591. The monoisotopic (exact) mass is 449 g/mol. The van der Waals surface area contributed by atoms with Crippen molar-refractivity contribution < 1.29 is 13.6 Å². The highest BCUT2D eigenvalue weighted by Crippen LogP contribution is 2.29. The van der Waals surface area contributed by atoms with Gasteiger partial charge in [0.25, 0.3) is 5.91 Å². The van der Waals surface area contributed by atoms with E-state index in [2.05, 4.69) is 26.7 Å². The molecule has 0 aromatic carbocycles. The molecule has 31 heavy (non-hydrogen) atoms. The standard InChI is InChI=1S/C22H29F2N5OS/c1-15-4-3-7-29(13-15)17-5-8-28(9-6-17)22-26-12-20(31-22)21(30)27(2)14-19-18(24)10-16(23)11-25-19/h10-12,15,17H,3-9,13-14H2,1-2H3/t15-/m1/s1. The Morgan fingerprint density at radius 1 is 1.19 bits per heavy atom. The minimum atomic E-state index is -0.754. The second-order valence-electron chi connectivity index (χ2n) is 8.71. The lowest BCUT2D eigenvalue weighted by Gasteiger charge is -2.41. The maximum atomic E-state index is 13.9. The van der Waals surface area contributed by atoms with Crippen LogP contribution in [0.5, 0.6) is 0 Å². The Labute approximate surface area is 185 Å². The van der Waals surface area contributed by atoms with Gasteiger partial charge in [-0.15, -0.1) is 0 Å². The maximum absolute atomic E-state index is 13.9. The Bertz CT molecular complexity index is 915. The van der Waals surface area contributed by atoms with Gasteiger partial charge in [-0.25, -0.2) is 13.8 Å². The summed E-state index contributed by atoms with van der Waals surface area (Å²) in [4.78, 5) is 27.8. The predicted octanol–water partition coefficient (Wildman–Crippen LogP) is 3.79. The summed E-state index contributed by atoms with van der Waals surface area (Å²) in [7, 11) is 1.58. The summed E-state index contributed by atoms with van der Waals surface area (Å²) in [5.74, 6) is -0.946. The number of thiazole rings is 1. The molecule has 2 fully saturated rings. The summed E-state index contributed by atoms with van der Waals surface area (Å²) in [5, 5.41) is 0.855. The number of piperidine rings is 2. The van der Waals surface area contributed by atoms with Crippen molar-refractivity contribution in [2.24, 2.45) is 5.92 Å². The van der Waals surface area contributed by atoms with Gasteiger partial charge in [0.15, 0.2) is 5.13 Å². The molecule has 2 aliphatic rings. The highest BCUT2D eigenvalue weighted by atomic mass is 32.1. The van der Waals surface area contributed by atoms with E-state index >= 15 is 0 Å². The molecule has 0 saturated carbocycles. The fourth-order valence-electron chi connectivity index (χ4n) is 4.53. The Balaban J connectivity index is 1.33. The highest BCUT2D eigenvalue weighted by molar-refractivity contribution is 7.17. The number of pyridine rings is 1. The van der Waals surface area contributed by atoms with Gasteiger partial charge in [0.05, 0.1) is 24.6 Å². The third-order valence-corrected chi connectivity index (χ3v) is 7.31. The molecule has 0 bridgehead atoms. The van der Waals surface area contributed by atoms with Gasteiger partial charge in [-0.3, -0.25) is 14.7 Å². The third-order valence-electron chi connectivity index (χ3n) is 6.26. The number of nitrogens with zero attached hydrogens (tertiary/aromatic N) is 5. The molecule has 9 heteroatoms. The summed E-state index contributed by atoms with van der Waals surface area (Å²) in [6.45, 7) is 6.61. The first kappa shape index (κ1) is 22.1. The number of aromatic nitrogens is 2. The number of amides is 1. The Hall–Kier alpha value is -2.13. The van der Waals surface area contributed by atoms with Gasteiger partial charge < -0.3 is 9.80 Å². The molecule has 168 valence electrons. The van der Waals surface area contributed by atoms with Gasteiger partial charge in [-0.05, 0) is 38.1 Å². The van der Waals surface area contributed by atoms with Crippen molar-refractivity contribution >= 4 is 22.4 Å². The van der Waals surface area contributed by atoms with Gasteiger partial charge in [-0.1, -0.05) is 18.3 Å². The molecule has 1 atom stereocenters. The predicted molar refractivity (Wildman–Crippen MR) is 117 cm³/mol. The van der Waals surface area contributed by atoms with E-state index in [-0.39, 0.29) is 18.1 Å². The van der Waals surface area contributed by atoms with Crippen LogP contribution < -0.4 is 4.90 Å². The fourth-order valence-corrected chi connectivity index (χ4v) is 5.50. The summed E-state index contributed by atoms with van der Waals surface area (Å²) < 4.78 is 26.9. The molecule has 6 nitrogen and oxygen atoms in total. The lowest BCUT2D eigenvalue weighted by atomic mass is 9.95. The molecular formula is C22H29F2N5OS. The molecule has 0 spiro atoms. The number of carbonyl (C=O) groups excluding carboxylic acids is 1. The number of hydrogen-bond donors (Lipinski definition) is 0. The zero-order chi connectivity index (χ0) is 22.0. The average Bonchev–Trinajstić information content (AvgIpc) is 3.25. The zero-order valence-electron chi connectivity index (χ0n) is 18.1. The van der Waals surface area contributed by atoms with Gasteiger partial charge in [0, 0.05) is 38.8 Å². The quantitative estimate of drug-likeness (QED) is 0.695. The van der Waals surface area contributed by atoms with Crippen LogP contribution in [-0.2, 0) is 6.54 Å². The minimum absolute atomic E-state index is 0.0299. The number of halogens is 2. The maximum Gasteiger partial charge on any atom is 0.265 e. The molecular weight excluding hydrogens is 420 g/mol. The van der Waals surface area contributed by atoms with Crippen LogP contribution in [0.25, 0.3) is 0 Å². The Morgan fingerprint density at radius 2 is 1.97 bits per heavy atom. The van der Waals surface area contributed by atoms with Crippen LogP contribution in [0.1, 0.15) is 48.0 Å². The van der Waals surface area contributed by atoms with Crippen molar-refractivity contribution in [3.8, 4) is 0 Å².